The summed E-state index contributed by atoms with van der Waals surface area (Å²) in [5.41, 5.74) is 4.55. The second-order valence-electron chi connectivity index (χ2n) is 5.78. The smallest absolute Gasteiger partial charge is 0.197 e. The van der Waals surface area contributed by atoms with Crippen molar-refractivity contribution in [1.82, 2.24) is 9.38 Å². The van der Waals surface area contributed by atoms with Crippen molar-refractivity contribution in [2.24, 2.45) is 0 Å². The summed E-state index contributed by atoms with van der Waals surface area (Å²) < 4.78 is 8.65. The number of ether oxygens (including phenoxy) is 1. The van der Waals surface area contributed by atoms with Gasteiger partial charge in [-0.1, -0.05) is 53.3 Å². The SMILES string of the molecule is COCCNc1c(-c2ccc(C)cc2)nc2sc3ccccc3n12. The van der Waals surface area contributed by atoms with E-state index in [1.54, 1.807) is 18.4 Å². The number of aromatic nitrogens is 2. The van der Waals surface area contributed by atoms with E-state index in [2.05, 4.69) is 65.2 Å². The van der Waals surface area contributed by atoms with Gasteiger partial charge in [-0.15, -0.1) is 0 Å². The summed E-state index contributed by atoms with van der Waals surface area (Å²) in [7, 11) is 1.72. The Morgan fingerprint density at radius 1 is 1.12 bits per heavy atom. The zero-order chi connectivity index (χ0) is 16.5. The summed E-state index contributed by atoms with van der Waals surface area (Å²) in [5.74, 6) is 1.03. The Labute approximate surface area is 144 Å². The lowest BCUT2D eigenvalue weighted by atomic mass is 10.1. The lowest BCUT2D eigenvalue weighted by Crippen LogP contribution is -2.09. The van der Waals surface area contributed by atoms with Gasteiger partial charge in [0.2, 0.25) is 0 Å². The molecule has 0 amide bonds. The van der Waals surface area contributed by atoms with Crippen LogP contribution in [0.15, 0.2) is 48.5 Å². The highest BCUT2D eigenvalue weighted by molar-refractivity contribution is 7.23. The predicted molar refractivity (Wildman–Crippen MR) is 101 cm³/mol. The van der Waals surface area contributed by atoms with Crippen LogP contribution in [0.1, 0.15) is 5.56 Å². The van der Waals surface area contributed by atoms with Crippen LogP contribution in [0.3, 0.4) is 0 Å². The van der Waals surface area contributed by atoms with Crippen molar-refractivity contribution in [1.29, 1.82) is 0 Å². The van der Waals surface area contributed by atoms with Crippen LogP contribution >= 0.6 is 11.3 Å². The maximum atomic E-state index is 5.19. The standard InChI is InChI=1S/C19H19N3OS/c1-13-7-9-14(10-8-13)17-18(20-11-12-23-2)22-15-5-3-4-6-16(15)24-19(22)21-17/h3-10,20H,11-12H2,1-2H3. The summed E-state index contributed by atoms with van der Waals surface area (Å²) in [6.45, 7) is 3.50. The van der Waals surface area contributed by atoms with Gasteiger partial charge >= 0.3 is 0 Å². The first-order valence-electron chi connectivity index (χ1n) is 7.98. The number of rotatable bonds is 5. The Morgan fingerprint density at radius 3 is 2.71 bits per heavy atom. The molecule has 4 nitrogen and oxygen atoms in total. The summed E-state index contributed by atoms with van der Waals surface area (Å²) in [6.07, 6.45) is 0. The number of nitrogens with one attached hydrogen (secondary N) is 1. The Hall–Kier alpha value is -2.37. The van der Waals surface area contributed by atoms with E-state index < -0.39 is 0 Å². The zero-order valence-corrected chi connectivity index (χ0v) is 14.6. The maximum absolute atomic E-state index is 5.19. The lowest BCUT2D eigenvalue weighted by Gasteiger charge is -2.08. The number of hydrogen-bond acceptors (Lipinski definition) is 4. The number of fused-ring (bicyclic) bond motifs is 3. The van der Waals surface area contributed by atoms with Crippen LogP contribution in [-0.4, -0.2) is 29.6 Å². The molecule has 5 heteroatoms. The third-order valence-electron chi connectivity index (χ3n) is 4.08. The van der Waals surface area contributed by atoms with Gasteiger partial charge in [0.05, 0.1) is 16.8 Å². The minimum atomic E-state index is 0.655. The van der Waals surface area contributed by atoms with Gasteiger partial charge in [-0.3, -0.25) is 4.40 Å². The molecule has 0 unspecified atom stereocenters. The molecule has 0 aliphatic rings. The van der Waals surface area contributed by atoms with E-state index >= 15 is 0 Å². The van der Waals surface area contributed by atoms with Crippen molar-refractivity contribution in [3.05, 3.63) is 54.1 Å². The molecule has 0 spiro atoms. The summed E-state index contributed by atoms with van der Waals surface area (Å²) >= 11 is 1.71. The topological polar surface area (TPSA) is 38.6 Å². The molecule has 0 aliphatic heterocycles. The molecule has 1 N–H and O–H groups in total. The van der Waals surface area contributed by atoms with Gasteiger partial charge in [-0.2, -0.15) is 0 Å². The van der Waals surface area contributed by atoms with Gasteiger partial charge in [-0.05, 0) is 19.1 Å². The van der Waals surface area contributed by atoms with E-state index in [-0.39, 0.29) is 0 Å². The highest BCUT2D eigenvalue weighted by Gasteiger charge is 2.17. The van der Waals surface area contributed by atoms with Gasteiger partial charge in [0.15, 0.2) is 4.96 Å². The van der Waals surface area contributed by atoms with Crippen molar-refractivity contribution >= 4 is 32.3 Å². The first-order valence-corrected chi connectivity index (χ1v) is 8.79. The molecule has 0 radical (unpaired) electrons. The molecule has 2 aromatic carbocycles. The van der Waals surface area contributed by atoms with Gasteiger partial charge in [-0.25, -0.2) is 4.98 Å². The number of para-hydroxylation sites is 1. The monoisotopic (exact) mass is 337 g/mol. The molecule has 24 heavy (non-hydrogen) atoms. The van der Waals surface area contributed by atoms with Gasteiger partial charge in [0.1, 0.15) is 11.5 Å². The van der Waals surface area contributed by atoms with Crippen LogP contribution in [0.5, 0.6) is 0 Å². The molecule has 0 atom stereocenters. The summed E-state index contributed by atoms with van der Waals surface area (Å²) in [6, 6.07) is 16.9. The number of benzene rings is 2. The first kappa shape index (κ1) is 15.2. The number of aryl methyl sites for hydroxylation is 1. The zero-order valence-electron chi connectivity index (χ0n) is 13.7. The molecular weight excluding hydrogens is 318 g/mol. The minimum absolute atomic E-state index is 0.655. The highest BCUT2D eigenvalue weighted by atomic mass is 32.1. The summed E-state index contributed by atoms with van der Waals surface area (Å²) in [4.78, 5) is 5.91. The number of methoxy groups -OCH3 is 1. The first-order chi connectivity index (χ1) is 11.8. The molecule has 0 saturated heterocycles. The molecular formula is C19H19N3OS. The molecule has 0 bridgehead atoms. The van der Waals surface area contributed by atoms with Crippen molar-refractivity contribution in [3.63, 3.8) is 0 Å². The van der Waals surface area contributed by atoms with Gasteiger partial charge < -0.3 is 10.1 Å². The fourth-order valence-corrected chi connectivity index (χ4v) is 3.89. The number of nitrogens with zero attached hydrogens (tertiary/aromatic N) is 2. The molecule has 0 fully saturated rings. The van der Waals surface area contributed by atoms with Crippen molar-refractivity contribution in [2.75, 3.05) is 25.6 Å². The quantitative estimate of drug-likeness (QED) is 0.542. The van der Waals surface area contributed by atoms with E-state index in [0.29, 0.717) is 6.61 Å². The van der Waals surface area contributed by atoms with Crippen molar-refractivity contribution in [3.8, 4) is 11.3 Å². The second kappa shape index (κ2) is 6.26. The van der Waals surface area contributed by atoms with E-state index in [0.717, 1.165) is 28.6 Å². The average Bonchev–Trinajstić information content (AvgIpc) is 3.12. The van der Waals surface area contributed by atoms with E-state index in [9.17, 15) is 0 Å². The lowest BCUT2D eigenvalue weighted by molar-refractivity contribution is 0.210. The number of hydrogen-bond donors (Lipinski definition) is 1. The van der Waals surface area contributed by atoms with E-state index in [1.165, 1.54) is 15.8 Å². The van der Waals surface area contributed by atoms with Crippen LogP contribution in [0.4, 0.5) is 5.82 Å². The average molecular weight is 337 g/mol. The van der Waals surface area contributed by atoms with Crippen molar-refractivity contribution in [2.45, 2.75) is 6.92 Å². The number of anilines is 1. The largest absolute Gasteiger partial charge is 0.383 e. The van der Waals surface area contributed by atoms with Gasteiger partial charge in [0.25, 0.3) is 0 Å². The summed E-state index contributed by atoms with van der Waals surface area (Å²) in [5, 5.41) is 3.51. The second-order valence-corrected chi connectivity index (χ2v) is 6.79. The normalized spacial score (nSPS) is 11.4. The Balaban J connectivity index is 1.91. The fourth-order valence-electron chi connectivity index (χ4n) is 2.87. The molecule has 4 rings (SSSR count). The molecule has 0 saturated carbocycles. The predicted octanol–water partition coefficient (Wildman–Crippen LogP) is 4.58. The maximum Gasteiger partial charge on any atom is 0.197 e. The van der Waals surface area contributed by atoms with E-state index in [1.807, 2.05) is 0 Å². The van der Waals surface area contributed by atoms with Gasteiger partial charge in [0, 0.05) is 19.2 Å². The molecule has 2 heterocycles. The Bertz CT molecular complexity index is 985. The third kappa shape index (κ3) is 2.56. The van der Waals surface area contributed by atoms with Crippen LogP contribution in [-0.2, 0) is 4.74 Å². The molecule has 2 aromatic heterocycles. The van der Waals surface area contributed by atoms with Crippen LogP contribution < -0.4 is 5.32 Å². The molecule has 0 aliphatic carbocycles. The highest BCUT2D eigenvalue weighted by Crippen LogP contribution is 2.35. The van der Waals surface area contributed by atoms with Crippen LogP contribution in [0, 0.1) is 6.92 Å². The number of imidazole rings is 1. The Morgan fingerprint density at radius 2 is 1.92 bits per heavy atom. The van der Waals surface area contributed by atoms with E-state index in [4.69, 9.17) is 9.72 Å². The van der Waals surface area contributed by atoms with Crippen LogP contribution in [0.2, 0.25) is 0 Å². The number of thiazole rings is 1. The molecule has 4 aromatic rings. The molecule has 122 valence electrons. The minimum Gasteiger partial charge on any atom is -0.383 e. The van der Waals surface area contributed by atoms with Crippen molar-refractivity contribution < 1.29 is 4.74 Å². The third-order valence-corrected chi connectivity index (χ3v) is 5.10. The Kier molecular flexibility index (Phi) is 3.96. The van der Waals surface area contributed by atoms with Crippen LogP contribution in [0.25, 0.3) is 26.4 Å². The fraction of sp³-hybridized carbons (Fsp3) is 0.211.